The largest absolute Gasteiger partial charge is 0.490 e. The normalized spacial score (nSPS) is 11.3. The van der Waals surface area contributed by atoms with E-state index in [4.69, 9.17) is 4.74 Å². The van der Waals surface area contributed by atoms with Gasteiger partial charge in [0, 0.05) is 6.08 Å². The second-order valence-corrected chi connectivity index (χ2v) is 5.06. The third-order valence-corrected chi connectivity index (χ3v) is 3.29. The zero-order valence-corrected chi connectivity index (χ0v) is 13.6. The molecule has 0 fully saturated rings. The Bertz CT molecular complexity index is 728. The Morgan fingerprint density at radius 1 is 1.00 bits per heavy atom. The topological polar surface area (TPSA) is 35.5 Å². The van der Waals surface area contributed by atoms with Crippen molar-refractivity contribution in [3.8, 4) is 0 Å². The number of hydrogen-bond acceptors (Lipinski definition) is 3. The quantitative estimate of drug-likeness (QED) is 0.325. The Hall–Kier alpha value is -3.07. The van der Waals surface area contributed by atoms with Gasteiger partial charge < -0.3 is 9.47 Å². The molecular formula is C21H20O3. The van der Waals surface area contributed by atoms with Crippen LogP contribution in [0.3, 0.4) is 0 Å². The Balaban J connectivity index is 2.13. The molecule has 0 bridgehead atoms. The smallest absolute Gasteiger partial charge is 0.330 e. The van der Waals surface area contributed by atoms with Crippen LogP contribution in [0.25, 0.3) is 5.57 Å². The molecule has 122 valence electrons. The first-order chi connectivity index (χ1) is 11.7. The van der Waals surface area contributed by atoms with Crippen LogP contribution in [0.1, 0.15) is 11.1 Å². The Kier molecular flexibility index (Phi) is 6.59. The SMILES string of the molecule is C=C(/C=C(\C=C\C(=O)OC)c1ccccc1)OCc1ccccc1. The highest BCUT2D eigenvalue weighted by Gasteiger charge is 2.02. The lowest BCUT2D eigenvalue weighted by molar-refractivity contribution is -0.134. The standard InChI is InChI=1S/C21H20O3/c1-17(24-16-18-9-5-3-6-10-18)15-20(13-14-21(22)23-2)19-11-7-4-8-12-19/h3-15H,1,16H2,2H3/b14-13+,20-15+. The Morgan fingerprint density at radius 2 is 1.62 bits per heavy atom. The molecule has 2 rings (SSSR count). The van der Waals surface area contributed by atoms with Crippen molar-refractivity contribution in [2.75, 3.05) is 7.11 Å². The van der Waals surface area contributed by atoms with Crippen LogP contribution < -0.4 is 0 Å². The lowest BCUT2D eigenvalue weighted by atomic mass is 10.0. The summed E-state index contributed by atoms with van der Waals surface area (Å²) in [5.74, 6) is 0.111. The molecule has 0 saturated heterocycles. The highest BCUT2D eigenvalue weighted by Crippen LogP contribution is 2.18. The molecule has 0 saturated carbocycles. The summed E-state index contributed by atoms with van der Waals surface area (Å²) in [5, 5.41) is 0. The second-order valence-electron chi connectivity index (χ2n) is 5.06. The van der Waals surface area contributed by atoms with Crippen molar-refractivity contribution in [2.24, 2.45) is 0 Å². The van der Waals surface area contributed by atoms with E-state index in [1.165, 1.54) is 13.2 Å². The fourth-order valence-corrected chi connectivity index (χ4v) is 2.05. The van der Waals surface area contributed by atoms with Crippen LogP contribution >= 0.6 is 0 Å². The molecule has 0 unspecified atom stereocenters. The average molecular weight is 320 g/mol. The minimum atomic E-state index is -0.410. The van der Waals surface area contributed by atoms with Crippen LogP contribution in [0.2, 0.25) is 0 Å². The van der Waals surface area contributed by atoms with Crippen LogP contribution in [0.4, 0.5) is 0 Å². The maximum atomic E-state index is 11.4. The van der Waals surface area contributed by atoms with Gasteiger partial charge in [-0.3, -0.25) is 0 Å². The maximum absolute atomic E-state index is 11.4. The second kappa shape index (κ2) is 9.16. The van der Waals surface area contributed by atoms with Gasteiger partial charge in [0.15, 0.2) is 0 Å². The highest BCUT2D eigenvalue weighted by atomic mass is 16.5. The van der Waals surface area contributed by atoms with Crippen molar-refractivity contribution in [1.29, 1.82) is 0 Å². The Morgan fingerprint density at radius 3 is 2.25 bits per heavy atom. The van der Waals surface area contributed by atoms with Gasteiger partial charge in [0.1, 0.15) is 12.4 Å². The van der Waals surface area contributed by atoms with Crippen LogP contribution in [0, 0.1) is 0 Å². The van der Waals surface area contributed by atoms with Crippen LogP contribution in [0.15, 0.2) is 91.2 Å². The molecule has 0 spiro atoms. The number of rotatable bonds is 7. The summed E-state index contributed by atoms with van der Waals surface area (Å²) in [6.07, 6.45) is 4.87. The molecule has 24 heavy (non-hydrogen) atoms. The number of hydrogen-bond donors (Lipinski definition) is 0. The number of esters is 1. The first-order valence-corrected chi connectivity index (χ1v) is 7.58. The van der Waals surface area contributed by atoms with E-state index < -0.39 is 5.97 Å². The number of benzene rings is 2. The van der Waals surface area contributed by atoms with Gasteiger partial charge in [-0.05, 0) is 28.9 Å². The van der Waals surface area contributed by atoms with E-state index in [2.05, 4.69) is 11.3 Å². The zero-order valence-electron chi connectivity index (χ0n) is 13.6. The maximum Gasteiger partial charge on any atom is 0.330 e. The zero-order chi connectivity index (χ0) is 17.2. The summed E-state index contributed by atoms with van der Waals surface area (Å²) in [6, 6.07) is 19.6. The van der Waals surface area contributed by atoms with E-state index in [0.717, 1.165) is 16.7 Å². The molecule has 0 aliphatic rings. The van der Waals surface area contributed by atoms with Gasteiger partial charge in [0.25, 0.3) is 0 Å². The van der Waals surface area contributed by atoms with Crippen molar-refractivity contribution < 1.29 is 14.3 Å². The van der Waals surface area contributed by atoms with Crippen LogP contribution in [-0.2, 0) is 20.9 Å². The van der Waals surface area contributed by atoms with Crippen molar-refractivity contribution in [2.45, 2.75) is 6.61 Å². The fraction of sp³-hybridized carbons (Fsp3) is 0.0952. The summed E-state index contributed by atoms with van der Waals surface area (Å²) >= 11 is 0. The van der Waals surface area contributed by atoms with Crippen molar-refractivity contribution in [3.63, 3.8) is 0 Å². The van der Waals surface area contributed by atoms with Crippen LogP contribution in [-0.4, -0.2) is 13.1 Å². The van der Waals surface area contributed by atoms with E-state index in [9.17, 15) is 4.79 Å². The summed E-state index contributed by atoms with van der Waals surface area (Å²) in [5.41, 5.74) is 2.85. The van der Waals surface area contributed by atoms with Gasteiger partial charge in [0.2, 0.25) is 0 Å². The van der Waals surface area contributed by atoms with Crippen LogP contribution in [0.5, 0.6) is 0 Å². The summed E-state index contributed by atoms with van der Waals surface area (Å²) in [6.45, 7) is 4.38. The van der Waals surface area contributed by atoms with E-state index in [1.54, 1.807) is 12.2 Å². The van der Waals surface area contributed by atoms with Crippen molar-refractivity contribution in [1.82, 2.24) is 0 Å². The molecule has 0 aliphatic heterocycles. The molecule has 3 heteroatoms. The van der Waals surface area contributed by atoms with Gasteiger partial charge in [-0.1, -0.05) is 67.2 Å². The lowest BCUT2D eigenvalue weighted by Crippen LogP contribution is -1.95. The summed E-state index contributed by atoms with van der Waals surface area (Å²) in [4.78, 5) is 11.4. The predicted molar refractivity (Wildman–Crippen MR) is 95.9 cm³/mol. The van der Waals surface area contributed by atoms with E-state index in [0.29, 0.717) is 12.4 Å². The Labute approximate surface area is 142 Å². The number of ether oxygens (including phenoxy) is 2. The number of carbonyl (C=O) groups excluding carboxylic acids is 1. The third-order valence-electron chi connectivity index (χ3n) is 3.29. The molecular weight excluding hydrogens is 300 g/mol. The lowest BCUT2D eigenvalue weighted by Gasteiger charge is -2.08. The van der Waals surface area contributed by atoms with Gasteiger partial charge in [-0.2, -0.15) is 0 Å². The van der Waals surface area contributed by atoms with E-state index >= 15 is 0 Å². The monoisotopic (exact) mass is 320 g/mol. The van der Waals surface area contributed by atoms with Gasteiger partial charge in [0.05, 0.1) is 7.11 Å². The van der Waals surface area contributed by atoms with E-state index in [-0.39, 0.29) is 0 Å². The number of allylic oxidation sites excluding steroid dienone is 3. The number of carbonyl (C=O) groups is 1. The molecule has 0 aromatic heterocycles. The van der Waals surface area contributed by atoms with Crippen molar-refractivity contribution >= 4 is 11.5 Å². The summed E-state index contributed by atoms with van der Waals surface area (Å²) < 4.78 is 10.3. The molecule has 0 radical (unpaired) electrons. The molecule has 0 aliphatic carbocycles. The molecule has 0 heterocycles. The first-order valence-electron chi connectivity index (χ1n) is 7.58. The molecule has 2 aromatic carbocycles. The number of methoxy groups -OCH3 is 1. The average Bonchev–Trinajstić information content (AvgIpc) is 2.64. The van der Waals surface area contributed by atoms with E-state index in [1.807, 2.05) is 60.7 Å². The van der Waals surface area contributed by atoms with Gasteiger partial charge in [-0.25, -0.2) is 4.79 Å². The predicted octanol–water partition coefficient (Wildman–Crippen LogP) is 4.53. The van der Waals surface area contributed by atoms with Gasteiger partial charge >= 0.3 is 5.97 Å². The minimum absolute atomic E-state index is 0.410. The van der Waals surface area contributed by atoms with Gasteiger partial charge in [-0.15, -0.1) is 0 Å². The summed E-state index contributed by atoms with van der Waals surface area (Å²) in [7, 11) is 1.35. The first kappa shape index (κ1) is 17.3. The molecule has 0 N–H and O–H groups in total. The molecule has 3 nitrogen and oxygen atoms in total. The molecule has 0 atom stereocenters. The minimum Gasteiger partial charge on any atom is -0.490 e. The fourth-order valence-electron chi connectivity index (χ4n) is 2.05. The van der Waals surface area contributed by atoms with Crippen molar-refractivity contribution in [3.05, 3.63) is 102 Å². The third kappa shape index (κ3) is 5.61. The molecule has 2 aromatic rings. The highest BCUT2D eigenvalue weighted by molar-refractivity contribution is 5.87. The molecule has 0 amide bonds.